The zero-order valence-corrected chi connectivity index (χ0v) is 11.3. The molecule has 0 saturated heterocycles. The molecular formula is C15H12ClFO3. The maximum Gasteiger partial charge on any atom is 0.314 e. The van der Waals surface area contributed by atoms with Crippen molar-refractivity contribution in [2.75, 3.05) is 6.61 Å². The van der Waals surface area contributed by atoms with E-state index in [1.165, 1.54) is 24.3 Å². The first kappa shape index (κ1) is 14.3. The van der Waals surface area contributed by atoms with Crippen molar-refractivity contribution in [3.63, 3.8) is 0 Å². The summed E-state index contributed by atoms with van der Waals surface area (Å²) in [6.45, 7) is 0.165. The Hall–Kier alpha value is -2.07. The van der Waals surface area contributed by atoms with E-state index in [1.54, 1.807) is 24.3 Å². The third-order valence-electron chi connectivity index (χ3n) is 2.43. The number of esters is 1. The van der Waals surface area contributed by atoms with Crippen molar-refractivity contribution in [2.45, 2.75) is 6.42 Å². The lowest BCUT2D eigenvalue weighted by Crippen LogP contribution is -2.12. The third-order valence-corrected chi connectivity index (χ3v) is 2.69. The van der Waals surface area contributed by atoms with Gasteiger partial charge >= 0.3 is 5.97 Å². The zero-order chi connectivity index (χ0) is 14.4. The summed E-state index contributed by atoms with van der Waals surface area (Å²) in [5.41, 5.74) is 0. The van der Waals surface area contributed by atoms with Crippen LogP contribution in [0, 0.1) is 5.82 Å². The van der Waals surface area contributed by atoms with Crippen LogP contribution in [0.5, 0.6) is 11.5 Å². The van der Waals surface area contributed by atoms with Gasteiger partial charge in [0.05, 0.1) is 13.0 Å². The Balaban J connectivity index is 1.75. The summed E-state index contributed by atoms with van der Waals surface area (Å²) in [7, 11) is 0. The van der Waals surface area contributed by atoms with E-state index in [0.29, 0.717) is 16.5 Å². The SMILES string of the molecule is O=C(CCOc1ccc(F)cc1)Oc1ccc(Cl)cc1. The Morgan fingerprint density at radius 2 is 1.60 bits per heavy atom. The van der Waals surface area contributed by atoms with Crippen LogP contribution in [-0.4, -0.2) is 12.6 Å². The van der Waals surface area contributed by atoms with Crippen molar-refractivity contribution < 1.29 is 18.7 Å². The van der Waals surface area contributed by atoms with Gasteiger partial charge in [0, 0.05) is 5.02 Å². The molecule has 20 heavy (non-hydrogen) atoms. The molecule has 0 fully saturated rings. The lowest BCUT2D eigenvalue weighted by molar-refractivity contribution is -0.134. The molecule has 104 valence electrons. The fourth-order valence-electron chi connectivity index (χ4n) is 1.47. The number of rotatable bonds is 5. The second-order valence-electron chi connectivity index (χ2n) is 3.98. The summed E-state index contributed by atoms with van der Waals surface area (Å²) < 4.78 is 23.1. The molecule has 0 amide bonds. The van der Waals surface area contributed by atoms with Gasteiger partial charge < -0.3 is 9.47 Å². The second kappa shape index (κ2) is 6.91. The van der Waals surface area contributed by atoms with E-state index in [4.69, 9.17) is 21.1 Å². The van der Waals surface area contributed by atoms with Crippen LogP contribution in [0.25, 0.3) is 0 Å². The lowest BCUT2D eigenvalue weighted by atomic mass is 10.3. The largest absolute Gasteiger partial charge is 0.493 e. The maximum atomic E-state index is 12.7. The van der Waals surface area contributed by atoms with Crippen molar-refractivity contribution in [1.82, 2.24) is 0 Å². The molecule has 5 heteroatoms. The molecule has 0 atom stereocenters. The molecule has 0 radical (unpaired) electrons. The van der Waals surface area contributed by atoms with Crippen LogP contribution in [0.4, 0.5) is 4.39 Å². The van der Waals surface area contributed by atoms with Gasteiger partial charge in [0.15, 0.2) is 0 Å². The van der Waals surface area contributed by atoms with Crippen molar-refractivity contribution >= 4 is 17.6 Å². The number of benzene rings is 2. The minimum absolute atomic E-state index is 0.0972. The quantitative estimate of drug-likeness (QED) is 0.620. The summed E-state index contributed by atoms with van der Waals surface area (Å²) in [6, 6.07) is 12.1. The summed E-state index contributed by atoms with van der Waals surface area (Å²) in [5, 5.41) is 0.574. The highest BCUT2D eigenvalue weighted by molar-refractivity contribution is 6.30. The molecule has 2 aromatic carbocycles. The summed E-state index contributed by atoms with van der Waals surface area (Å²) >= 11 is 5.72. The highest BCUT2D eigenvalue weighted by Gasteiger charge is 2.05. The Labute approximate surface area is 120 Å². The monoisotopic (exact) mass is 294 g/mol. The van der Waals surface area contributed by atoms with Crippen LogP contribution in [0.3, 0.4) is 0 Å². The Morgan fingerprint density at radius 3 is 2.25 bits per heavy atom. The summed E-state index contributed by atoms with van der Waals surface area (Å²) in [4.78, 5) is 11.5. The molecule has 0 aliphatic heterocycles. The molecule has 3 nitrogen and oxygen atoms in total. The standard InChI is InChI=1S/C15H12ClFO3/c16-11-1-5-14(6-2-11)20-15(18)9-10-19-13-7-3-12(17)4-8-13/h1-8H,9-10H2. The van der Waals surface area contributed by atoms with Gasteiger partial charge in [0.2, 0.25) is 0 Å². The number of hydrogen-bond donors (Lipinski definition) is 0. The van der Waals surface area contributed by atoms with Gasteiger partial charge in [-0.2, -0.15) is 0 Å². The van der Waals surface area contributed by atoms with Gasteiger partial charge in [-0.25, -0.2) is 4.39 Å². The second-order valence-corrected chi connectivity index (χ2v) is 4.42. The Bertz CT molecular complexity index is 567. The van der Waals surface area contributed by atoms with Gasteiger partial charge in [0.25, 0.3) is 0 Å². The molecule has 0 bridgehead atoms. The van der Waals surface area contributed by atoms with Crippen molar-refractivity contribution in [3.8, 4) is 11.5 Å². The summed E-state index contributed by atoms with van der Waals surface area (Å²) in [6.07, 6.45) is 0.0972. The normalized spacial score (nSPS) is 10.1. The number of ether oxygens (including phenoxy) is 2. The molecule has 0 aromatic heterocycles. The minimum atomic E-state index is -0.408. The smallest absolute Gasteiger partial charge is 0.314 e. The molecule has 0 spiro atoms. The van der Waals surface area contributed by atoms with Crippen LogP contribution in [0.15, 0.2) is 48.5 Å². The first-order chi connectivity index (χ1) is 9.63. The number of carbonyl (C=O) groups excluding carboxylic acids is 1. The van der Waals surface area contributed by atoms with Crippen LogP contribution in [-0.2, 0) is 4.79 Å². The van der Waals surface area contributed by atoms with E-state index >= 15 is 0 Å². The van der Waals surface area contributed by atoms with E-state index in [9.17, 15) is 9.18 Å². The first-order valence-electron chi connectivity index (χ1n) is 5.98. The fraction of sp³-hybridized carbons (Fsp3) is 0.133. The van der Waals surface area contributed by atoms with Crippen LogP contribution in [0.2, 0.25) is 5.02 Å². The van der Waals surface area contributed by atoms with Gasteiger partial charge in [-0.15, -0.1) is 0 Å². The maximum absolute atomic E-state index is 12.7. The third kappa shape index (κ3) is 4.55. The Kier molecular flexibility index (Phi) is 4.96. The highest BCUT2D eigenvalue weighted by Crippen LogP contribution is 2.16. The predicted octanol–water partition coefficient (Wildman–Crippen LogP) is 3.85. The van der Waals surface area contributed by atoms with E-state index in [2.05, 4.69) is 0 Å². The minimum Gasteiger partial charge on any atom is -0.493 e. The van der Waals surface area contributed by atoms with E-state index in [1.807, 2.05) is 0 Å². The van der Waals surface area contributed by atoms with Gasteiger partial charge in [-0.05, 0) is 48.5 Å². The van der Waals surface area contributed by atoms with Gasteiger partial charge in [-0.3, -0.25) is 4.79 Å². The Morgan fingerprint density at radius 1 is 1.00 bits per heavy atom. The lowest BCUT2D eigenvalue weighted by Gasteiger charge is -2.06. The average Bonchev–Trinajstić information content (AvgIpc) is 2.44. The van der Waals surface area contributed by atoms with E-state index in [-0.39, 0.29) is 18.8 Å². The molecular weight excluding hydrogens is 283 g/mol. The molecule has 0 aliphatic rings. The molecule has 0 heterocycles. The van der Waals surface area contributed by atoms with Crippen molar-refractivity contribution in [3.05, 3.63) is 59.4 Å². The number of carbonyl (C=O) groups is 1. The molecule has 0 unspecified atom stereocenters. The topological polar surface area (TPSA) is 35.5 Å². The molecule has 2 rings (SSSR count). The fourth-order valence-corrected chi connectivity index (χ4v) is 1.59. The van der Waals surface area contributed by atoms with E-state index < -0.39 is 5.97 Å². The number of halogens is 2. The van der Waals surface area contributed by atoms with E-state index in [0.717, 1.165) is 0 Å². The average molecular weight is 295 g/mol. The number of hydrogen-bond acceptors (Lipinski definition) is 3. The van der Waals surface area contributed by atoms with Crippen LogP contribution >= 0.6 is 11.6 Å². The molecule has 0 N–H and O–H groups in total. The van der Waals surface area contributed by atoms with Crippen molar-refractivity contribution in [2.24, 2.45) is 0 Å². The zero-order valence-electron chi connectivity index (χ0n) is 10.5. The molecule has 2 aromatic rings. The van der Waals surface area contributed by atoms with Crippen molar-refractivity contribution in [1.29, 1.82) is 0 Å². The first-order valence-corrected chi connectivity index (χ1v) is 6.36. The molecule has 0 saturated carbocycles. The van der Waals surface area contributed by atoms with Crippen LogP contribution in [0.1, 0.15) is 6.42 Å². The summed E-state index contributed by atoms with van der Waals surface area (Å²) in [5.74, 6) is 0.195. The predicted molar refractivity (Wildman–Crippen MR) is 73.6 cm³/mol. The highest BCUT2D eigenvalue weighted by atomic mass is 35.5. The van der Waals surface area contributed by atoms with Crippen LogP contribution < -0.4 is 9.47 Å². The van der Waals surface area contributed by atoms with Gasteiger partial charge in [-0.1, -0.05) is 11.6 Å². The van der Waals surface area contributed by atoms with Gasteiger partial charge in [0.1, 0.15) is 17.3 Å². The molecule has 0 aliphatic carbocycles.